The van der Waals surface area contributed by atoms with E-state index in [9.17, 15) is 0 Å². The smallest absolute Gasteiger partial charge is 0.126 e. The van der Waals surface area contributed by atoms with Crippen LogP contribution in [0, 0.1) is 19.8 Å². The minimum Gasteiger partial charge on any atom is -0.496 e. The van der Waals surface area contributed by atoms with Crippen LogP contribution in [0.25, 0.3) is 0 Å². The summed E-state index contributed by atoms with van der Waals surface area (Å²) in [4.78, 5) is 0. The largest absolute Gasteiger partial charge is 0.496 e. The van der Waals surface area contributed by atoms with E-state index in [2.05, 4.69) is 26.0 Å². The van der Waals surface area contributed by atoms with Gasteiger partial charge in [0.15, 0.2) is 0 Å². The molecule has 3 heteroatoms. The van der Waals surface area contributed by atoms with Gasteiger partial charge in [-0.05, 0) is 43.7 Å². The molecule has 118 valence electrons. The van der Waals surface area contributed by atoms with Crippen LogP contribution in [-0.4, -0.2) is 20.3 Å². The molecule has 1 aliphatic rings. The van der Waals surface area contributed by atoms with Gasteiger partial charge in [-0.15, -0.1) is 0 Å². The Kier molecular flexibility index (Phi) is 5.65. The Labute approximate surface area is 128 Å². The van der Waals surface area contributed by atoms with Crippen LogP contribution < -0.4 is 10.5 Å². The van der Waals surface area contributed by atoms with Crippen LogP contribution in [0.1, 0.15) is 54.8 Å². The van der Waals surface area contributed by atoms with Gasteiger partial charge in [0.2, 0.25) is 0 Å². The summed E-state index contributed by atoms with van der Waals surface area (Å²) in [5.41, 5.74) is 10.0. The second-order valence-electron chi connectivity index (χ2n) is 6.25. The fraction of sp³-hybridized carbons (Fsp3) is 0.667. The minimum atomic E-state index is -0.132. The summed E-state index contributed by atoms with van der Waals surface area (Å²) in [6, 6.07) is 4.09. The predicted octanol–water partition coefficient (Wildman–Crippen LogP) is 3.91. The topological polar surface area (TPSA) is 44.5 Å². The normalized spacial score (nSPS) is 19.3. The molecular formula is C18H29NO2. The zero-order valence-corrected chi connectivity index (χ0v) is 13.8. The number of hydrogen-bond acceptors (Lipinski definition) is 3. The van der Waals surface area contributed by atoms with E-state index in [0.717, 1.165) is 11.3 Å². The van der Waals surface area contributed by atoms with Crippen LogP contribution in [0.5, 0.6) is 5.75 Å². The average molecular weight is 291 g/mol. The van der Waals surface area contributed by atoms with E-state index in [1.54, 1.807) is 14.2 Å². The highest BCUT2D eigenvalue weighted by molar-refractivity contribution is 5.47. The van der Waals surface area contributed by atoms with Crippen molar-refractivity contribution < 1.29 is 9.47 Å². The molecule has 0 aromatic heterocycles. The Morgan fingerprint density at radius 3 is 2.33 bits per heavy atom. The first-order chi connectivity index (χ1) is 10.1. The molecule has 0 spiro atoms. The summed E-state index contributed by atoms with van der Waals surface area (Å²) in [6.45, 7) is 4.19. The lowest BCUT2D eigenvalue weighted by Crippen LogP contribution is -2.36. The van der Waals surface area contributed by atoms with Gasteiger partial charge in [-0.2, -0.15) is 0 Å². The maximum atomic E-state index is 6.57. The van der Waals surface area contributed by atoms with Crippen LogP contribution in [0.4, 0.5) is 0 Å². The molecule has 0 radical (unpaired) electrons. The lowest BCUT2D eigenvalue weighted by atomic mass is 9.80. The number of nitrogens with two attached hydrogens (primary N) is 1. The average Bonchev–Trinajstić information content (AvgIpc) is 2.51. The number of benzene rings is 1. The van der Waals surface area contributed by atoms with Crippen LogP contribution in [0.15, 0.2) is 12.1 Å². The Morgan fingerprint density at radius 2 is 1.76 bits per heavy atom. The molecule has 2 atom stereocenters. The third-order valence-electron chi connectivity index (χ3n) is 5.01. The van der Waals surface area contributed by atoms with E-state index < -0.39 is 0 Å². The summed E-state index contributed by atoms with van der Waals surface area (Å²) < 4.78 is 11.4. The first kappa shape index (κ1) is 16.3. The third-order valence-corrected chi connectivity index (χ3v) is 5.01. The van der Waals surface area contributed by atoms with Crippen LogP contribution in [0.3, 0.4) is 0 Å². The number of rotatable bonds is 5. The fourth-order valence-corrected chi connectivity index (χ4v) is 3.62. The lowest BCUT2D eigenvalue weighted by molar-refractivity contribution is 0.0167. The van der Waals surface area contributed by atoms with Crippen molar-refractivity contribution in [3.05, 3.63) is 28.8 Å². The highest BCUT2D eigenvalue weighted by Crippen LogP contribution is 2.37. The second kappa shape index (κ2) is 7.28. The molecule has 0 amide bonds. The summed E-state index contributed by atoms with van der Waals surface area (Å²) >= 11 is 0. The molecule has 0 saturated heterocycles. The number of ether oxygens (including phenoxy) is 2. The number of methoxy groups -OCH3 is 2. The van der Waals surface area contributed by atoms with Crippen molar-refractivity contribution in [1.82, 2.24) is 0 Å². The summed E-state index contributed by atoms with van der Waals surface area (Å²) in [6.07, 6.45) is 6.44. The first-order valence-electron chi connectivity index (χ1n) is 8.02. The Bertz CT molecular complexity index is 467. The molecule has 0 aliphatic heterocycles. The maximum absolute atomic E-state index is 6.57. The van der Waals surface area contributed by atoms with E-state index in [1.807, 2.05) is 0 Å². The molecule has 1 fully saturated rings. The quantitative estimate of drug-likeness (QED) is 0.894. The van der Waals surface area contributed by atoms with Gasteiger partial charge in [0.1, 0.15) is 5.75 Å². The highest BCUT2D eigenvalue weighted by atomic mass is 16.5. The molecule has 0 bridgehead atoms. The monoisotopic (exact) mass is 291 g/mol. The molecule has 2 unspecified atom stereocenters. The van der Waals surface area contributed by atoms with Gasteiger partial charge in [0.25, 0.3) is 0 Å². The second-order valence-corrected chi connectivity index (χ2v) is 6.25. The van der Waals surface area contributed by atoms with Gasteiger partial charge in [-0.1, -0.05) is 31.4 Å². The molecule has 3 nitrogen and oxygen atoms in total. The Balaban J connectivity index is 2.28. The van der Waals surface area contributed by atoms with Crippen LogP contribution in [0.2, 0.25) is 0 Å². The van der Waals surface area contributed by atoms with Crippen molar-refractivity contribution >= 4 is 0 Å². The van der Waals surface area contributed by atoms with Crippen molar-refractivity contribution in [2.24, 2.45) is 11.7 Å². The zero-order chi connectivity index (χ0) is 15.4. The van der Waals surface area contributed by atoms with E-state index in [4.69, 9.17) is 15.2 Å². The summed E-state index contributed by atoms with van der Waals surface area (Å²) in [5, 5.41) is 0. The molecule has 1 aliphatic carbocycles. The van der Waals surface area contributed by atoms with E-state index in [-0.39, 0.29) is 12.1 Å². The fourth-order valence-electron chi connectivity index (χ4n) is 3.62. The van der Waals surface area contributed by atoms with E-state index >= 15 is 0 Å². The van der Waals surface area contributed by atoms with Crippen molar-refractivity contribution in [2.75, 3.05) is 14.2 Å². The molecule has 1 saturated carbocycles. The highest BCUT2D eigenvalue weighted by Gasteiger charge is 2.31. The van der Waals surface area contributed by atoms with Crippen molar-refractivity contribution in [3.63, 3.8) is 0 Å². The zero-order valence-electron chi connectivity index (χ0n) is 13.8. The molecule has 2 rings (SSSR count). The molecule has 2 N–H and O–H groups in total. The lowest BCUT2D eigenvalue weighted by Gasteiger charge is -2.34. The van der Waals surface area contributed by atoms with Gasteiger partial charge >= 0.3 is 0 Å². The molecular weight excluding hydrogens is 262 g/mol. The van der Waals surface area contributed by atoms with E-state index in [1.165, 1.54) is 43.2 Å². The number of hydrogen-bond donors (Lipinski definition) is 1. The van der Waals surface area contributed by atoms with E-state index in [0.29, 0.717) is 5.92 Å². The van der Waals surface area contributed by atoms with Crippen LogP contribution >= 0.6 is 0 Å². The Morgan fingerprint density at radius 1 is 1.10 bits per heavy atom. The first-order valence-corrected chi connectivity index (χ1v) is 8.02. The van der Waals surface area contributed by atoms with Crippen molar-refractivity contribution in [1.29, 1.82) is 0 Å². The van der Waals surface area contributed by atoms with Gasteiger partial charge in [-0.3, -0.25) is 0 Å². The Hall–Kier alpha value is -1.06. The van der Waals surface area contributed by atoms with Crippen LogP contribution in [-0.2, 0) is 4.74 Å². The minimum absolute atomic E-state index is 0.0707. The van der Waals surface area contributed by atoms with Crippen molar-refractivity contribution in [3.8, 4) is 5.75 Å². The van der Waals surface area contributed by atoms with Crippen molar-refractivity contribution in [2.45, 2.75) is 58.1 Å². The summed E-state index contributed by atoms with van der Waals surface area (Å²) in [7, 11) is 3.51. The third kappa shape index (κ3) is 3.41. The maximum Gasteiger partial charge on any atom is 0.126 e. The van der Waals surface area contributed by atoms with Gasteiger partial charge in [-0.25, -0.2) is 0 Å². The molecule has 21 heavy (non-hydrogen) atoms. The standard InChI is InChI=1S/C18H29NO2/c1-12-10-11-15(17(20-3)13(12)2)16(19)18(21-4)14-8-6-5-7-9-14/h10-11,14,16,18H,5-9,19H2,1-4H3. The van der Waals surface area contributed by atoms with Gasteiger partial charge < -0.3 is 15.2 Å². The predicted molar refractivity (Wildman–Crippen MR) is 86.8 cm³/mol. The molecule has 0 heterocycles. The SMILES string of the molecule is COc1c(C(N)C(OC)C2CCCCC2)ccc(C)c1C. The van der Waals surface area contributed by atoms with Gasteiger partial charge in [0, 0.05) is 12.7 Å². The van der Waals surface area contributed by atoms with Gasteiger partial charge in [0.05, 0.1) is 19.3 Å². The molecule has 1 aromatic rings. The molecule has 1 aromatic carbocycles. The summed E-state index contributed by atoms with van der Waals surface area (Å²) in [5.74, 6) is 1.48. The number of aryl methyl sites for hydroxylation is 1.